The van der Waals surface area contributed by atoms with Crippen molar-refractivity contribution in [3.63, 3.8) is 0 Å². The molecule has 0 bridgehead atoms. The molecule has 1 N–H and O–H groups in total. The molecule has 2 amide bonds. The number of piperidine rings is 1. The van der Waals surface area contributed by atoms with Gasteiger partial charge in [0.2, 0.25) is 5.91 Å². The van der Waals surface area contributed by atoms with Gasteiger partial charge in [0.1, 0.15) is 0 Å². The van der Waals surface area contributed by atoms with E-state index in [4.69, 9.17) is 4.74 Å². The molecule has 5 heteroatoms. The van der Waals surface area contributed by atoms with E-state index in [0.717, 1.165) is 64.0 Å². The summed E-state index contributed by atoms with van der Waals surface area (Å²) in [7, 11) is 0. The van der Waals surface area contributed by atoms with Crippen LogP contribution in [-0.4, -0.2) is 49.6 Å². The molecule has 32 heavy (non-hydrogen) atoms. The number of carbonyl (C=O) groups is 2. The Balaban J connectivity index is 1.17. The summed E-state index contributed by atoms with van der Waals surface area (Å²) in [4.78, 5) is 27.8. The summed E-state index contributed by atoms with van der Waals surface area (Å²) < 4.78 is 5.62. The summed E-state index contributed by atoms with van der Waals surface area (Å²) in [5.74, 6) is 0.380. The highest BCUT2D eigenvalue weighted by Crippen LogP contribution is 2.59. The number of nitrogens with zero attached hydrogens (tertiary/aromatic N) is 1. The molecule has 2 saturated heterocycles. The van der Waals surface area contributed by atoms with Crippen molar-refractivity contribution in [1.82, 2.24) is 10.2 Å². The second-order valence-corrected chi connectivity index (χ2v) is 9.75. The zero-order valence-corrected chi connectivity index (χ0v) is 18.6. The van der Waals surface area contributed by atoms with Gasteiger partial charge in [-0.1, -0.05) is 48.5 Å². The van der Waals surface area contributed by atoms with E-state index in [2.05, 4.69) is 29.6 Å². The normalized spacial score (nSPS) is 23.5. The molecule has 168 valence electrons. The maximum absolute atomic E-state index is 13.1. The van der Waals surface area contributed by atoms with Crippen molar-refractivity contribution in [1.29, 1.82) is 0 Å². The zero-order valence-electron chi connectivity index (χ0n) is 18.6. The summed E-state index contributed by atoms with van der Waals surface area (Å²) >= 11 is 0. The highest BCUT2D eigenvalue weighted by Gasteiger charge is 2.58. The molecule has 0 radical (unpaired) electrons. The number of likely N-dealkylation sites (tertiary alicyclic amines) is 1. The molecular weight excluding hydrogens is 400 g/mol. The van der Waals surface area contributed by atoms with Crippen LogP contribution in [0.15, 0.2) is 60.7 Å². The van der Waals surface area contributed by atoms with Crippen molar-refractivity contribution >= 4 is 11.8 Å². The van der Waals surface area contributed by atoms with Crippen molar-refractivity contribution < 1.29 is 14.3 Å². The summed E-state index contributed by atoms with van der Waals surface area (Å²) in [6, 6.07) is 20.0. The van der Waals surface area contributed by atoms with E-state index >= 15 is 0 Å². The van der Waals surface area contributed by atoms with Crippen molar-refractivity contribution in [2.75, 3.05) is 32.8 Å². The van der Waals surface area contributed by atoms with Gasteiger partial charge in [-0.3, -0.25) is 9.59 Å². The van der Waals surface area contributed by atoms with E-state index in [1.807, 2.05) is 41.3 Å². The summed E-state index contributed by atoms with van der Waals surface area (Å²) in [6.07, 6.45) is 4.66. The van der Waals surface area contributed by atoms with E-state index in [1.54, 1.807) is 0 Å². The number of carbonyl (C=O) groups excluding carboxylic acids is 2. The minimum atomic E-state index is -0.0390. The van der Waals surface area contributed by atoms with Gasteiger partial charge < -0.3 is 15.0 Å². The first-order valence-electron chi connectivity index (χ1n) is 11.9. The SMILES string of the molecule is O=C(NCC1(c2ccccc2)CCOCC1)C1CC12CCN(C(=O)c1ccccc1)CC2. The molecule has 2 aliphatic heterocycles. The largest absolute Gasteiger partial charge is 0.381 e. The van der Waals surface area contributed by atoms with Gasteiger partial charge in [0.05, 0.1) is 0 Å². The van der Waals surface area contributed by atoms with Gasteiger partial charge >= 0.3 is 0 Å². The molecule has 3 fully saturated rings. The number of nitrogens with one attached hydrogen (secondary N) is 1. The van der Waals surface area contributed by atoms with Crippen molar-refractivity contribution in [3.05, 3.63) is 71.8 Å². The third kappa shape index (κ3) is 4.06. The van der Waals surface area contributed by atoms with Crippen molar-refractivity contribution in [2.45, 2.75) is 37.5 Å². The van der Waals surface area contributed by atoms with E-state index in [9.17, 15) is 9.59 Å². The molecule has 2 aromatic carbocycles. The van der Waals surface area contributed by atoms with Gasteiger partial charge in [-0.05, 0) is 55.2 Å². The van der Waals surface area contributed by atoms with Crippen molar-refractivity contribution in [3.8, 4) is 0 Å². The fourth-order valence-corrected chi connectivity index (χ4v) is 5.69. The average molecular weight is 433 g/mol. The summed E-state index contributed by atoms with van der Waals surface area (Å²) in [5, 5.41) is 3.31. The van der Waals surface area contributed by atoms with Crippen LogP contribution < -0.4 is 5.32 Å². The average Bonchev–Trinajstić information content (AvgIpc) is 3.57. The number of ether oxygens (including phenoxy) is 1. The quantitative estimate of drug-likeness (QED) is 0.782. The maximum Gasteiger partial charge on any atom is 0.253 e. The van der Waals surface area contributed by atoms with Gasteiger partial charge in [0.15, 0.2) is 0 Å². The minimum absolute atomic E-state index is 0.0390. The molecule has 2 heterocycles. The third-order valence-corrected chi connectivity index (χ3v) is 8.01. The second-order valence-electron chi connectivity index (χ2n) is 9.75. The van der Waals surface area contributed by atoms with Crippen LogP contribution in [0.1, 0.15) is 48.0 Å². The van der Waals surface area contributed by atoms with E-state index in [1.165, 1.54) is 5.56 Å². The molecule has 0 aromatic heterocycles. The Labute approximate surface area is 190 Å². The molecule has 1 saturated carbocycles. The van der Waals surface area contributed by atoms with Gasteiger partial charge in [-0.2, -0.15) is 0 Å². The first-order chi connectivity index (χ1) is 15.6. The molecule has 1 unspecified atom stereocenters. The lowest BCUT2D eigenvalue weighted by Crippen LogP contribution is -2.46. The lowest BCUT2D eigenvalue weighted by atomic mass is 9.74. The standard InChI is InChI=1S/C27H32N2O3/c30-24(28-20-27(13-17-32-18-14-27)22-9-5-2-6-10-22)23-19-26(23)11-15-29(16-12-26)25(31)21-7-3-1-4-8-21/h1-10,23H,11-20H2,(H,28,30). The van der Waals surface area contributed by atoms with Gasteiger partial charge in [0.25, 0.3) is 5.91 Å². The number of rotatable bonds is 5. The Morgan fingerprint density at radius 2 is 1.53 bits per heavy atom. The van der Waals surface area contributed by atoms with E-state index in [0.29, 0.717) is 6.54 Å². The van der Waals surface area contributed by atoms with Crippen LogP contribution in [0.25, 0.3) is 0 Å². The molecule has 1 spiro atoms. The Morgan fingerprint density at radius 3 is 2.19 bits per heavy atom. The number of hydrogen-bond acceptors (Lipinski definition) is 3. The predicted molar refractivity (Wildman–Crippen MR) is 123 cm³/mol. The third-order valence-electron chi connectivity index (χ3n) is 8.01. The van der Waals surface area contributed by atoms with Crippen LogP contribution in [0, 0.1) is 11.3 Å². The van der Waals surface area contributed by atoms with E-state index < -0.39 is 0 Å². The fraction of sp³-hybridized carbons (Fsp3) is 0.481. The molecule has 1 aliphatic carbocycles. The van der Waals surface area contributed by atoms with Crippen LogP contribution in [0.5, 0.6) is 0 Å². The maximum atomic E-state index is 13.1. The van der Waals surface area contributed by atoms with E-state index in [-0.39, 0.29) is 28.6 Å². The number of benzene rings is 2. The number of hydrogen-bond donors (Lipinski definition) is 1. The highest BCUT2D eigenvalue weighted by molar-refractivity contribution is 5.94. The topological polar surface area (TPSA) is 58.6 Å². The second kappa shape index (κ2) is 8.70. The Bertz CT molecular complexity index is 945. The first-order valence-corrected chi connectivity index (χ1v) is 11.9. The fourth-order valence-electron chi connectivity index (χ4n) is 5.69. The zero-order chi connectivity index (χ0) is 22.0. The monoisotopic (exact) mass is 432 g/mol. The summed E-state index contributed by atoms with van der Waals surface area (Å²) in [5.41, 5.74) is 2.09. The predicted octanol–water partition coefficient (Wildman–Crippen LogP) is 3.79. The van der Waals surface area contributed by atoms with Crippen LogP contribution >= 0.6 is 0 Å². The molecular formula is C27H32N2O3. The van der Waals surface area contributed by atoms with Crippen LogP contribution in [0.4, 0.5) is 0 Å². The smallest absolute Gasteiger partial charge is 0.253 e. The molecule has 2 aromatic rings. The Hall–Kier alpha value is -2.66. The first kappa shape index (κ1) is 21.2. The lowest BCUT2D eigenvalue weighted by molar-refractivity contribution is -0.123. The van der Waals surface area contributed by atoms with Crippen molar-refractivity contribution in [2.24, 2.45) is 11.3 Å². The lowest BCUT2D eigenvalue weighted by Gasteiger charge is -2.38. The molecule has 5 rings (SSSR count). The Kier molecular flexibility index (Phi) is 5.76. The molecule has 3 aliphatic rings. The van der Waals surface area contributed by atoms with Gasteiger partial charge in [-0.25, -0.2) is 0 Å². The van der Waals surface area contributed by atoms with Crippen LogP contribution in [0.2, 0.25) is 0 Å². The van der Waals surface area contributed by atoms with Crippen LogP contribution in [-0.2, 0) is 14.9 Å². The van der Waals surface area contributed by atoms with Gasteiger partial charge in [0, 0.05) is 49.7 Å². The highest BCUT2D eigenvalue weighted by atomic mass is 16.5. The Morgan fingerprint density at radius 1 is 0.906 bits per heavy atom. The number of amides is 2. The minimum Gasteiger partial charge on any atom is -0.381 e. The summed E-state index contributed by atoms with van der Waals surface area (Å²) in [6.45, 7) is 3.63. The molecule has 5 nitrogen and oxygen atoms in total. The molecule has 1 atom stereocenters. The van der Waals surface area contributed by atoms with Gasteiger partial charge in [-0.15, -0.1) is 0 Å². The van der Waals surface area contributed by atoms with Crippen LogP contribution in [0.3, 0.4) is 0 Å².